The van der Waals surface area contributed by atoms with E-state index < -0.39 is 0 Å². The van der Waals surface area contributed by atoms with E-state index in [-0.39, 0.29) is 11.6 Å². The topological polar surface area (TPSA) is 25.1 Å². The molecule has 2 unspecified atom stereocenters. The van der Waals surface area contributed by atoms with Crippen LogP contribution in [0.3, 0.4) is 0 Å². The van der Waals surface area contributed by atoms with Gasteiger partial charge in [-0.3, -0.25) is 0 Å². The van der Waals surface area contributed by atoms with E-state index in [0.29, 0.717) is 0 Å². The second-order valence-corrected chi connectivity index (χ2v) is 6.51. The minimum atomic E-state index is -0.116. The maximum Gasteiger partial charge on any atom is 0.233 e. The van der Waals surface area contributed by atoms with Gasteiger partial charge in [0, 0.05) is 12.8 Å². The minimum absolute atomic E-state index is 0.116. The fourth-order valence-corrected chi connectivity index (χ4v) is 3.97. The molecule has 2 heterocycles. The monoisotopic (exact) mass is 234 g/mol. The molecule has 0 amide bonds. The molecule has 0 radical (unpaired) electrons. The Morgan fingerprint density at radius 3 is 2.82 bits per heavy atom. The Balaban J connectivity index is 1.31. The lowest BCUT2D eigenvalue weighted by Crippen LogP contribution is -2.17. The fraction of sp³-hybridized carbons (Fsp3) is 0.867. The fourth-order valence-electron chi connectivity index (χ4n) is 3.97. The summed E-state index contributed by atoms with van der Waals surface area (Å²) >= 11 is 0. The van der Waals surface area contributed by atoms with Crippen LogP contribution in [0, 0.1) is 11.8 Å². The molecule has 0 bridgehead atoms. The van der Waals surface area contributed by atoms with Crippen molar-refractivity contribution in [3.63, 3.8) is 0 Å². The molecular weight excluding hydrogens is 212 g/mol. The first-order valence-electron chi connectivity index (χ1n) is 7.31. The average Bonchev–Trinajstić information content (AvgIpc) is 3.13. The lowest BCUT2D eigenvalue weighted by atomic mass is 9.77. The number of hydrogen-bond donors (Lipinski definition) is 0. The van der Waals surface area contributed by atoms with Gasteiger partial charge in [0.05, 0.1) is 0 Å². The van der Waals surface area contributed by atoms with Gasteiger partial charge < -0.3 is 9.47 Å². The molecule has 94 valence electrons. The Labute approximate surface area is 103 Å². The van der Waals surface area contributed by atoms with Gasteiger partial charge >= 0.3 is 0 Å². The maximum atomic E-state index is 5.61. The molecule has 4 aliphatic rings. The van der Waals surface area contributed by atoms with Crippen LogP contribution in [0.1, 0.15) is 58.3 Å². The van der Waals surface area contributed by atoms with Crippen LogP contribution >= 0.6 is 0 Å². The molecule has 0 aromatic rings. The zero-order valence-corrected chi connectivity index (χ0v) is 10.7. The van der Waals surface area contributed by atoms with Crippen LogP contribution in [-0.2, 0) is 9.47 Å². The molecule has 17 heavy (non-hydrogen) atoms. The summed E-state index contributed by atoms with van der Waals surface area (Å²) in [7, 11) is 0. The largest absolute Gasteiger partial charge is 0.306 e. The Morgan fingerprint density at radius 2 is 2.06 bits per heavy atom. The van der Waals surface area contributed by atoms with E-state index in [0.717, 1.165) is 24.7 Å². The maximum absolute atomic E-state index is 5.61. The summed E-state index contributed by atoms with van der Waals surface area (Å²) in [5.41, 5.74) is 1.59. The van der Waals surface area contributed by atoms with Crippen LogP contribution in [0.5, 0.6) is 0 Å². The van der Waals surface area contributed by atoms with E-state index in [1.165, 1.54) is 38.5 Å². The number of ether oxygens (including phenoxy) is 2. The molecule has 0 spiro atoms. The third-order valence-electron chi connectivity index (χ3n) is 5.40. The number of hydrogen-bond acceptors (Lipinski definition) is 2. The van der Waals surface area contributed by atoms with E-state index in [1.807, 2.05) is 0 Å². The van der Waals surface area contributed by atoms with Crippen molar-refractivity contribution in [2.75, 3.05) is 0 Å². The molecule has 2 aliphatic carbocycles. The quantitative estimate of drug-likeness (QED) is 0.548. The summed E-state index contributed by atoms with van der Waals surface area (Å²) in [6, 6.07) is 0. The molecule has 2 heteroatoms. The third kappa shape index (κ3) is 1.53. The average molecular weight is 234 g/mol. The normalized spacial score (nSPS) is 51.2. The zero-order valence-electron chi connectivity index (χ0n) is 10.7. The van der Waals surface area contributed by atoms with Crippen LogP contribution in [-0.4, -0.2) is 11.6 Å². The molecule has 4 rings (SSSR count). The van der Waals surface area contributed by atoms with Crippen molar-refractivity contribution in [1.82, 2.24) is 0 Å². The van der Waals surface area contributed by atoms with Crippen LogP contribution in [0.2, 0.25) is 0 Å². The van der Waals surface area contributed by atoms with Crippen molar-refractivity contribution < 1.29 is 9.47 Å². The van der Waals surface area contributed by atoms with Gasteiger partial charge in [0.25, 0.3) is 0 Å². The van der Waals surface area contributed by atoms with Crippen molar-refractivity contribution >= 4 is 0 Å². The smallest absolute Gasteiger partial charge is 0.233 e. The van der Waals surface area contributed by atoms with Crippen LogP contribution < -0.4 is 0 Å². The Morgan fingerprint density at radius 1 is 1.24 bits per heavy atom. The van der Waals surface area contributed by atoms with E-state index in [1.54, 1.807) is 5.57 Å². The first-order valence-corrected chi connectivity index (χ1v) is 7.31. The first-order chi connectivity index (χ1) is 8.23. The molecule has 0 N–H and O–H groups in total. The molecule has 1 saturated carbocycles. The predicted molar refractivity (Wildman–Crippen MR) is 65.3 cm³/mol. The highest BCUT2D eigenvalue weighted by atomic mass is 17.0. The van der Waals surface area contributed by atoms with Gasteiger partial charge in [-0.1, -0.05) is 44.3 Å². The van der Waals surface area contributed by atoms with E-state index >= 15 is 0 Å². The summed E-state index contributed by atoms with van der Waals surface area (Å²) in [4.78, 5) is 0. The predicted octanol–water partition coefficient (Wildman–Crippen LogP) is 3.77. The lowest BCUT2D eigenvalue weighted by Gasteiger charge is -2.29. The van der Waals surface area contributed by atoms with Gasteiger partial charge in [-0.05, 0) is 24.7 Å². The van der Waals surface area contributed by atoms with Gasteiger partial charge in [0.15, 0.2) is 0 Å². The van der Waals surface area contributed by atoms with Crippen LogP contribution in [0.15, 0.2) is 11.6 Å². The summed E-state index contributed by atoms with van der Waals surface area (Å²) in [6.07, 6.45) is 12.9. The van der Waals surface area contributed by atoms with Gasteiger partial charge in [-0.25, -0.2) is 0 Å². The van der Waals surface area contributed by atoms with Crippen molar-refractivity contribution in [1.29, 1.82) is 0 Å². The number of rotatable bonds is 3. The highest BCUT2D eigenvalue weighted by Gasteiger charge is 2.90. The van der Waals surface area contributed by atoms with Crippen molar-refractivity contribution in [2.24, 2.45) is 11.8 Å². The number of epoxide rings is 2. The van der Waals surface area contributed by atoms with Gasteiger partial charge in [-0.2, -0.15) is 0 Å². The Kier molecular flexibility index (Phi) is 2.09. The Hall–Kier alpha value is -0.340. The molecule has 3 fully saturated rings. The van der Waals surface area contributed by atoms with Gasteiger partial charge in [-0.15, -0.1) is 0 Å². The molecule has 0 aromatic heterocycles. The molecule has 0 aromatic carbocycles. The highest BCUT2D eigenvalue weighted by Crippen LogP contribution is 2.74. The van der Waals surface area contributed by atoms with E-state index in [4.69, 9.17) is 9.47 Å². The first kappa shape index (κ1) is 10.6. The van der Waals surface area contributed by atoms with Gasteiger partial charge in [0.1, 0.15) is 0 Å². The summed E-state index contributed by atoms with van der Waals surface area (Å²) in [5, 5.41) is 0. The molecule has 2 atom stereocenters. The minimum Gasteiger partial charge on any atom is -0.306 e. The second kappa shape index (κ2) is 3.36. The van der Waals surface area contributed by atoms with E-state index in [9.17, 15) is 0 Å². The van der Waals surface area contributed by atoms with Gasteiger partial charge in [0.2, 0.25) is 11.6 Å². The van der Waals surface area contributed by atoms with Crippen LogP contribution in [0.25, 0.3) is 0 Å². The zero-order chi connectivity index (χ0) is 11.5. The van der Waals surface area contributed by atoms with Crippen molar-refractivity contribution in [3.8, 4) is 0 Å². The molecule has 2 nitrogen and oxygen atoms in total. The molecule has 2 saturated heterocycles. The lowest BCUT2D eigenvalue weighted by molar-refractivity contribution is -0.0912. The Bertz CT molecular complexity index is 365. The van der Waals surface area contributed by atoms with Crippen molar-refractivity contribution in [3.05, 3.63) is 11.6 Å². The van der Waals surface area contributed by atoms with E-state index in [2.05, 4.69) is 13.0 Å². The van der Waals surface area contributed by atoms with Crippen LogP contribution in [0.4, 0.5) is 0 Å². The summed E-state index contributed by atoms with van der Waals surface area (Å²) in [6.45, 7) is 2.44. The summed E-state index contributed by atoms with van der Waals surface area (Å²) < 4.78 is 11.2. The summed E-state index contributed by atoms with van der Waals surface area (Å²) in [5.74, 6) is 1.68. The standard InChI is InChI=1S/C15H22O2/c1-11-4-2-3-5-13(11)7-6-12-8-9-14-15(10-12,16-14)17-14/h8,11,13H,2-7,9-10H2,1H3. The SMILES string of the molecule is CC1CCCCC1CCC1=CCC23OC2(C1)O3. The highest BCUT2D eigenvalue weighted by molar-refractivity contribution is 5.31. The molecule has 2 aliphatic heterocycles. The third-order valence-corrected chi connectivity index (χ3v) is 5.40. The second-order valence-electron chi connectivity index (χ2n) is 6.51. The van der Waals surface area contributed by atoms with Crippen molar-refractivity contribution in [2.45, 2.75) is 69.9 Å². The molecular formula is C15H22O2.